The van der Waals surface area contributed by atoms with E-state index in [1.165, 1.54) is 16.7 Å². The van der Waals surface area contributed by atoms with Gasteiger partial charge in [0.25, 0.3) is 0 Å². The van der Waals surface area contributed by atoms with Crippen molar-refractivity contribution in [2.24, 2.45) is 0 Å². The van der Waals surface area contributed by atoms with E-state index in [2.05, 4.69) is 37.3 Å². The fourth-order valence-corrected chi connectivity index (χ4v) is 3.98. The van der Waals surface area contributed by atoms with Gasteiger partial charge in [0.15, 0.2) is 0 Å². The van der Waals surface area contributed by atoms with Crippen molar-refractivity contribution in [2.75, 3.05) is 5.32 Å². The van der Waals surface area contributed by atoms with Gasteiger partial charge >= 0.3 is 0 Å². The van der Waals surface area contributed by atoms with Crippen LogP contribution in [-0.4, -0.2) is 21.9 Å². The van der Waals surface area contributed by atoms with Crippen LogP contribution in [0.25, 0.3) is 11.1 Å². The summed E-state index contributed by atoms with van der Waals surface area (Å²) in [5, 5.41) is 18.3. The lowest BCUT2D eigenvalue weighted by Crippen LogP contribution is -2.50. The van der Waals surface area contributed by atoms with Crippen LogP contribution < -0.4 is 5.32 Å². The molecule has 4 heteroatoms. The summed E-state index contributed by atoms with van der Waals surface area (Å²) >= 11 is 0. The first-order chi connectivity index (χ1) is 10.6. The topological polar surface area (TPSA) is 58.3 Å². The highest BCUT2D eigenvalue weighted by Crippen LogP contribution is 2.46. The number of nitrogens with one attached hydrogen (secondary N) is 1. The average Bonchev–Trinajstić information content (AvgIpc) is 2.79. The molecule has 0 unspecified atom stereocenters. The maximum absolute atomic E-state index is 10.7. The Morgan fingerprint density at radius 3 is 2.43 bits per heavy atom. The van der Waals surface area contributed by atoms with E-state index < -0.39 is 6.10 Å². The Morgan fingerprint density at radius 2 is 1.87 bits per heavy atom. The minimum atomic E-state index is -0.437. The lowest BCUT2D eigenvalue weighted by molar-refractivity contribution is 0.0866. The SMILES string of the molecule is Cc1cc(-c2c(C)noc2C)c(C)c2c1NC(C)(C)[C@H](O)[C@H]2C. The Balaban J connectivity index is 2.28. The molecule has 1 aliphatic heterocycles. The lowest BCUT2D eigenvalue weighted by Gasteiger charge is -2.44. The molecule has 0 amide bonds. The van der Waals surface area contributed by atoms with E-state index in [9.17, 15) is 5.11 Å². The van der Waals surface area contributed by atoms with Gasteiger partial charge in [0.1, 0.15) is 5.76 Å². The molecular formula is C19H26N2O2. The molecular weight excluding hydrogens is 288 g/mol. The number of rotatable bonds is 1. The minimum Gasteiger partial charge on any atom is -0.390 e. The van der Waals surface area contributed by atoms with Gasteiger partial charge in [-0.15, -0.1) is 0 Å². The van der Waals surface area contributed by atoms with Gasteiger partial charge in [-0.25, -0.2) is 0 Å². The van der Waals surface area contributed by atoms with Crippen LogP contribution in [0.1, 0.15) is 54.8 Å². The first-order valence-electron chi connectivity index (χ1n) is 8.18. The van der Waals surface area contributed by atoms with Crippen LogP contribution in [0.4, 0.5) is 5.69 Å². The van der Waals surface area contributed by atoms with E-state index in [4.69, 9.17) is 4.52 Å². The van der Waals surface area contributed by atoms with Gasteiger partial charge in [-0.1, -0.05) is 12.1 Å². The van der Waals surface area contributed by atoms with Crippen molar-refractivity contribution < 1.29 is 9.63 Å². The number of aliphatic hydroxyl groups excluding tert-OH is 1. The highest BCUT2D eigenvalue weighted by Gasteiger charge is 2.40. The van der Waals surface area contributed by atoms with E-state index in [0.29, 0.717) is 0 Å². The first kappa shape index (κ1) is 16.1. The summed E-state index contributed by atoms with van der Waals surface area (Å²) in [4.78, 5) is 0. The monoisotopic (exact) mass is 314 g/mol. The molecule has 124 valence electrons. The standard InChI is InChI=1S/C19H26N2O2/c1-9-8-14(16-12(4)21-23-13(16)5)10(2)15-11(3)18(22)19(6,7)20-17(9)15/h8,11,18,20,22H,1-7H3/t11-,18+/m0/s1. The number of aliphatic hydroxyl groups is 1. The Bertz CT molecular complexity index is 755. The summed E-state index contributed by atoms with van der Waals surface area (Å²) in [6, 6.07) is 2.20. The van der Waals surface area contributed by atoms with Crippen molar-refractivity contribution in [1.82, 2.24) is 5.16 Å². The molecule has 1 aliphatic rings. The molecule has 0 spiro atoms. The lowest BCUT2D eigenvalue weighted by atomic mass is 9.75. The zero-order chi connectivity index (χ0) is 17.1. The Morgan fingerprint density at radius 1 is 1.22 bits per heavy atom. The van der Waals surface area contributed by atoms with Crippen LogP contribution in [0, 0.1) is 27.7 Å². The Labute approximate surface area is 137 Å². The second-order valence-corrected chi connectivity index (χ2v) is 7.43. The molecule has 23 heavy (non-hydrogen) atoms. The van der Waals surface area contributed by atoms with Gasteiger partial charge < -0.3 is 14.9 Å². The number of nitrogens with zero attached hydrogens (tertiary/aromatic N) is 1. The molecule has 0 bridgehead atoms. The highest BCUT2D eigenvalue weighted by atomic mass is 16.5. The largest absolute Gasteiger partial charge is 0.390 e. The molecule has 1 aromatic carbocycles. The number of benzene rings is 1. The third-order valence-corrected chi connectivity index (χ3v) is 5.25. The third kappa shape index (κ3) is 2.27. The molecule has 2 heterocycles. The first-order valence-corrected chi connectivity index (χ1v) is 8.18. The Kier molecular flexibility index (Phi) is 3.56. The smallest absolute Gasteiger partial charge is 0.141 e. The molecule has 1 aromatic heterocycles. The number of fused-ring (bicyclic) bond motifs is 1. The molecule has 2 aromatic rings. The zero-order valence-corrected chi connectivity index (χ0v) is 15.0. The zero-order valence-electron chi connectivity index (χ0n) is 15.0. The molecule has 0 saturated heterocycles. The third-order valence-electron chi connectivity index (χ3n) is 5.25. The molecule has 2 N–H and O–H groups in total. The van der Waals surface area contributed by atoms with E-state index in [1.54, 1.807) is 0 Å². The molecule has 0 aliphatic carbocycles. The van der Waals surface area contributed by atoms with Crippen LogP contribution >= 0.6 is 0 Å². The van der Waals surface area contributed by atoms with Crippen molar-refractivity contribution in [3.05, 3.63) is 34.2 Å². The van der Waals surface area contributed by atoms with Gasteiger partial charge in [0.05, 0.1) is 17.3 Å². The highest BCUT2D eigenvalue weighted by molar-refractivity contribution is 5.79. The van der Waals surface area contributed by atoms with Gasteiger partial charge in [0.2, 0.25) is 0 Å². The summed E-state index contributed by atoms with van der Waals surface area (Å²) in [6.07, 6.45) is -0.437. The number of hydrogen-bond donors (Lipinski definition) is 2. The second-order valence-electron chi connectivity index (χ2n) is 7.43. The number of anilines is 1. The van der Waals surface area contributed by atoms with E-state index in [-0.39, 0.29) is 11.5 Å². The quantitative estimate of drug-likeness (QED) is 0.826. The van der Waals surface area contributed by atoms with E-state index in [1.807, 2.05) is 27.7 Å². The van der Waals surface area contributed by atoms with Gasteiger partial charge in [-0.05, 0) is 69.9 Å². The summed E-state index contributed by atoms with van der Waals surface area (Å²) in [6.45, 7) is 14.4. The van der Waals surface area contributed by atoms with E-state index >= 15 is 0 Å². The van der Waals surface area contributed by atoms with Crippen LogP contribution in [0.15, 0.2) is 10.6 Å². The summed E-state index contributed by atoms with van der Waals surface area (Å²) in [7, 11) is 0. The maximum Gasteiger partial charge on any atom is 0.141 e. The van der Waals surface area contributed by atoms with Crippen LogP contribution in [-0.2, 0) is 0 Å². The van der Waals surface area contributed by atoms with Gasteiger partial charge in [-0.2, -0.15) is 0 Å². The van der Waals surface area contributed by atoms with Crippen molar-refractivity contribution >= 4 is 5.69 Å². The molecule has 0 radical (unpaired) electrons. The van der Waals surface area contributed by atoms with Crippen molar-refractivity contribution in [2.45, 2.75) is 66.0 Å². The number of aryl methyl sites for hydroxylation is 3. The maximum atomic E-state index is 10.7. The number of aromatic nitrogens is 1. The van der Waals surface area contributed by atoms with Crippen molar-refractivity contribution in [3.63, 3.8) is 0 Å². The van der Waals surface area contributed by atoms with Crippen molar-refractivity contribution in [3.8, 4) is 11.1 Å². The van der Waals surface area contributed by atoms with Crippen LogP contribution in [0.2, 0.25) is 0 Å². The number of hydrogen-bond acceptors (Lipinski definition) is 4. The normalized spacial score (nSPS) is 22.6. The fraction of sp³-hybridized carbons (Fsp3) is 0.526. The second kappa shape index (κ2) is 5.10. The molecule has 3 rings (SSSR count). The molecule has 0 fully saturated rings. The average molecular weight is 314 g/mol. The Hall–Kier alpha value is -1.81. The van der Waals surface area contributed by atoms with Gasteiger partial charge in [0, 0.05) is 17.2 Å². The summed E-state index contributed by atoms with van der Waals surface area (Å²) in [5.41, 5.74) is 7.52. The summed E-state index contributed by atoms with van der Waals surface area (Å²) in [5.74, 6) is 0.905. The molecule has 2 atom stereocenters. The predicted octanol–water partition coefficient (Wildman–Crippen LogP) is 4.24. The fourth-order valence-electron chi connectivity index (χ4n) is 3.98. The van der Waals surface area contributed by atoms with E-state index in [0.717, 1.165) is 28.3 Å². The molecule has 0 saturated carbocycles. The molecule has 4 nitrogen and oxygen atoms in total. The summed E-state index contributed by atoms with van der Waals surface area (Å²) < 4.78 is 5.35. The van der Waals surface area contributed by atoms with Crippen molar-refractivity contribution in [1.29, 1.82) is 0 Å². The van der Waals surface area contributed by atoms with Crippen LogP contribution in [0.3, 0.4) is 0 Å². The predicted molar refractivity (Wildman–Crippen MR) is 93.0 cm³/mol. The van der Waals surface area contributed by atoms with Crippen LogP contribution in [0.5, 0.6) is 0 Å². The van der Waals surface area contributed by atoms with Gasteiger partial charge in [-0.3, -0.25) is 0 Å². The minimum absolute atomic E-state index is 0.0698.